The third-order valence-corrected chi connectivity index (χ3v) is 3.00. The monoisotopic (exact) mass is 275 g/mol. The van der Waals surface area contributed by atoms with Gasteiger partial charge in [0.1, 0.15) is 5.75 Å². The van der Waals surface area contributed by atoms with E-state index >= 15 is 0 Å². The Morgan fingerprint density at radius 3 is 2.32 bits per heavy atom. The van der Waals surface area contributed by atoms with E-state index in [-0.39, 0.29) is 12.5 Å². The summed E-state index contributed by atoms with van der Waals surface area (Å²) in [6.07, 6.45) is -2.83. The van der Waals surface area contributed by atoms with Gasteiger partial charge in [-0.25, -0.2) is 0 Å². The van der Waals surface area contributed by atoms with Gasteiger partial charge >= 0.3 is 6.18 Å². The molecule has 1 rings (SSSR count). The molecule has 0 aliphatic heterocycles. The van der Waals surface area contributed by atoms with Crippen LogP contribution in [0, 0.1) is 0 Å². The van der Waals surface area contributed by atoms with Crippen molar-refractivity contribution in [3.8, 4) is 5.75 Å². The second-order valence-electron chi connectivity index (χ2n) is 4.65. The normalized spacial score (nSPS) is 13.3. The van der Waals surface area contributed by atoms with Gasteiger partial charge in [0.2, 0.25) is 0 Å². The van der Waals surface area contributed by atoms with Crippen LogP contribution in [-0.2, 0) is 6.42 Å². The lowest BCUT2D eigenvalue weighted by molar-refractivity contribution is -0.135. The molecule has 0 fully saturated rings. The lowest BCUT2D eigenvalue weighted by atomic mass is 10.0. The van der Waals surface area contributed by atoms with E-state index in [0.717, 1.165) is 17.7 Å². The molecule has 0 bridgehead atoms. The molecule has 0 spiro atoms. The fourth-order valence-corrected chi connectivity index (χ4v) is 1.85. The fourth-order valence-electron chi connectivity index (χ4n) is 1.85. The zero-order valence-electron chi connectivity index (χ0n) is 11.0. The number of hydrogen-bond acceptors (Lipinski definition) is 2. The van der Waals surface area contributed by atoms with Gasteiger partial charge in [0.05, 0.1) is 7.11 Å². The number of ether oxygens (including phenoxy) is 1. The predicted molar refractivity (Wildman–Crippen MR) is 69.2 cm³/mol. The smallest absolute Gasteiger partial charge is 0.389 e. The van der Waals surface area contributed by atoms with Crippen LogP contribution < -0.4 is 10.5 Å². The summed E-state index contributed by atoms with van der Waals surface area (Å²) in [4.78, 5) is 0. The van der Waals surface area contributed by atoms with Crippen molar-refractivity contribution in [3.05, 3.63) is 29.8 Å². The molecule has 5 heteroatoms. The summed E-state index contributed by atoms with van der Waals surface area (Å²) < 4.78 is 41.0. The summed E-state index contributed by atoms with van der Waals surface area (Å²) in [7, 11) is 1.60. The summed E-state index contributed by atoms with van der Waals surface area (Å²) in [5, 5.41) is 0. The van der Waals surface area contributed by atoms with Gasteiger partial charge in [0, 0.05) is 12.5 Å². The largest absolute Gasteiger partial charge is 0.497 e. The Hall–Kier alpha value is -1.23. The molecule has 1 aromatic rings. The van der Waals surface area contributed by atoms with Gasteiger partial charge in [-0.3, -0.25) is 0 Å². The molecule has 2 N–H and O–H groups in total. The third kappa shape index (κ3) is 7.06. The Kier molecular flexibility index (Phi) is 6.15. The first-order valence-corrected chi connectivity index (χ1v) is 6.36. The van der Waals surface area contributed by atoms with Gasteiger partial charge in [-0.1, -0.05) is 12.1 Å². The number of rotatable bonds is 7. The Balaban J connectivity index is 2.23. The van der Waals surface area contributed by atoms with Crippen molar-refractivity contribution in [3.63, 3.8) is 0 Å². The average Bonchev–Trinajstić information content (AvgIpc) is 2.35. The van der Waals surface area contributed by atoms with Crippen molar-refractivity contribution >= 4 is 0 Å². The van der Waals surface area contributed by atoms with Crippen molar-refractivity contribution in [2.75, 3.05) is 7.11 Å². The minimum Gasteiger partial charge on any atom is -0.497 e. The van der Waals surface area contributed by atoms with Crippen LogP contribution >= 0.6 is 0 Å². The number of hydrogen-bond donors (Lipinski definition) is 1. The topological polar surface area (TPSA) is 35.2 Å². The molecule has 0 aliphatic rings. The molecule has 108 valence electrons. The Morgan fingerprint density at radius 2 is 1.79 bits per heavy atom. The highest BCUT2D eigenvalue weighted by Gasteiger charge is 2.26. The molecule has 0 saturated heterocycles. The molecule has 0 heterocycles. The van der Waals surface area contributed by atoms with E-state index in [9.17, 15) is 13.2 Å². The molecule has 1 unspecified atom stereocenters. The molecule has 0 saturated carbocycles. The first kappa shape index (κ1) is 15.8. The van der Waals surface area contributed by atoms with E-state index < -0.39 is 12.6 Å². The zero-order valence-corrected chi connectivity index (χ0v) is 11.0. The maximum Gasteiger partial charge on any atom is 0.389 e. The minimum atomic E-state index is -4.07. The molecule has 19 heavy (non-hydrogen) atoms. The van der Waals surface area contributed by atoms with Crippen molar-refractivity contribution in [1.29, 1.82) is 0 Å². The van der Waals surface area contributed by atoms with E-state index in [1.165, 1.54) is 0 Å². The van der Waals surface area contributed by atoms with Crippen LogP contribution in [0.5, 0.6) is 5.75 Å². The number of aryl methyl sites for hydroxylation is 1. The van der Waals surface area contributed by atoms with Crippen LogP contribution in [0.1, 0.15) is 31.2 Å². The number of nitrogens with two attached hydrogens (primary N) is 1. The Bertz CT molecular complexity index is 362. The second-order valence-corrected chi connectivity index (χ2v) is 4.65. The number of methoxy groups -OCH3 is 1. The van der Waals surface area contributed by atoms with E-state index in [1.54, 1.807) is 7.11 Å². The van der Waals surface area contributed by atoms with Crippen LogP contribution in [-0.4, -0.2) is 19.3 Å². The highest BCUT2D eigenvalue weighted by atomic mass is 19.4. The van der Waals surface area contributed by atoms with Gasteiger partial charge in [0.25, 0.3) is 0 Å². The first-order chi connectivity index (χ1) is 8.90. The maximum absolute atomic E-state index is 12.0. The Labute approximate surface area is 111 Å². The summed E-state index contributed by atoms with van der Waals surface area (Å²) in [6.45, 7) is 0. The molecule has 1 aromatic carbocycles. The van der Waals surface area contributed by atoms with E-state index in [1.807, 2.05) is 24.3 Å². The van der Waals surface area contributed by atoms with Crippen LogP contribution in [0.2, 0.25) is 0 Å². The standard InChI is InChI=1S/C14H20F3NO/c1-19-13-8-5-11(6-9-13)4-7-12(18)3-2-10-14(15,16)17/h5-6,8-9,12H,2-4,7,10,18H2,1H3. The van der Waals surface area contributed by atoms with E-state index in [2.05, 4.69) is 0 Å². The van der Waals surface area contributed by atoms with Gasteiger partial charge in [-0.05, 0) is 43.4 Å². The molecule has 2 nitrogen and oxygen atoms in total. The Morgan fingerprint density at radius 1 is 1.16 bits per heavy atom. The summed E-state index contributed by atoms with van der Waals surface area (Å²) in [5.74, 6) is 0.790. The minimum absolute atomic E-state index is 0.104. The van der Waals surface area contributed by atoms with Crippen molar-refractivity contribution < 1.29 is 17.9 Å². The summed E-state index contributed by atoms with van der Waals surface area (Å²) in [6, 6.07) is 7.45. The van der Waals surface area contributed by atoms with E-state index in [0.29, 0.717) is 12.8 Å². The molecular formula is C14H20F3NO. The second kappa shape index (κ2) is 7.38. The van der Waals surface area contributed by atoms with Crippen molar-refractivity contribution in [2.24, 2.45) is 5.73 Å². The molecule has 1 atom stereocenters. The van der Waals surface area contributed by atoms with Gasteiger partial charge < -0.3 is 10.5 Å². The number of halogens is 3. The van der Waals surface area contributed by atoms with Crippen LogP contribution in [0.25, 0.3) is 0 Å². The number of benzene rings is 1. The maximum atomic E-state index is 12.0. The summed E-state index contributed by atoms with van der Waals surface area (Å²) >= 11 is 0. The van der Waals surface area contributed by atoms with Crippen LogP contribution in [0.3, 0.4) is 0 Å². The van der Waals surface area contributed by atoms with Crippen molar-refractivity contribution in [2.45, 2.75) is 44.3 Å². The molecular weight excluding hydrogens is 255 g/mol. The molecule has 0 aromatic heterocycles. The third-order valence-electron chi connectivity index (χ3n) is 3.00. The average molecular weight is 275 g/mol. The van der Waals surface area contributed by atoms with Crippen LogP contribution in [0.4, 0.5) is 13.2 Å². The zero-order chi connectivity index (χ0) is 14.3. The van der Waals surface area contributed by atoms with Gasteiger partial charge in [-0.2, -0.15) is 13.2 Å². The SMILES string of the molecule is COc1ccc(CCC(N)CCCC(F)(F)F)cc1. The lowest BCUT2D eigenvalue weighted by Gasteiger charge is -2.12. The molecule has 0 radical (unpaired) electrons. The highest BCUT2D eigenvalue weighted by Crippen LogP contribution is 2.23. The molecule has 0 amide bonds. The molecule has 0 aliphatic carbocycles. The first-order valence-electron chi connectivity index (χ1n) is 6.36. The van der Waals surface area contributed by atoms with Crippen LogP contribution in [0.15, 0.2) is 24.3 Å². The van der Waals surface area contributed by atoms with Gasteiger partial charge in [0.15, 0.2) is 0 Å². The highest BCUT2D eigenvalue weighted by molar-refractivity contribution is 5.27. The van der Waals surface area contributed by atoms with Crippen molar-refractivity contribution in [1.82, 2.24) is 0 Å². The predicted octanol–water partition coefficient (Wildman–Crippen LogP) is 3.69. The lowest BCUT2D eigenvalue weighted by Crippen LogP contribution is -2.21. The summed E-state index contributed by atoms with van der Waals surface area (Å²) in [5.41, 5.74) is 6.93. The van der Waals surface area contributed by atoms with Gasteiger partial charge in [-0.15, -0.1) is 0 Å². The van der Waals surface area contributed by atoms with E-state index in [4.69, 9.17) is 10.5 Å². The quantitative estimate of drug-likeness (QED) is 0.823. The fraction of sp³-hybridized carbons (Fsp3) is 0.571. The number of alkyl halides is 3.